The highest BCUT2D eigenvalue weighted by Gasteiger charge is 2.37. The molecule has 120 valence electrons. The highest BCUT2D eigenvalue weighted by atomic mass is 32.2. The molecule has 1 aromatic rings. The Labute approximate surface area is 140 Å². The number of aryl methyl sites for hydroxylation is 1. The van der Waals surface area contributed by atoms with E-state index in [0.29, 0.717) is 17.9 Å². The second kappa shape index (κ2) is 7.12. The Kier molecular flexibility index (Phi) is 5.18. The molecule has 2 aliphatic heterocycles. The number of benzene rings is 1. The number of rotatable bonds is 5. The Morgan fingerprint density at radius 2 is 2.14 bits per heavy atom. The van der Waals surface area contributed by atoms with Gasteiger partial charge in [0.05, 0.1) is 0 Å². The third kappa shape index (κ3) is 3.08. The number of unbranched alkanes of at least 4 members (excludes halogenated alkanes) is 1. The van der Waals surface area contributed by atoms with Gasteiger partial charge in [-0.15, -0.1) is 11.8 Å². The molecule has 1 N–H and O–H groups in total. The van der Waals surface area contributed by atoms with E-state index in [4.69, 9.17) is 0 Å². The number of hydrogen-bond donors (Lipinski definition) is 1. The summed E-state index contributed by atoms with van der Waals surface area (Å²) in [5.41, 5.74) is 4.40. The average Bonchev–Trinajstić information content (AvgIpc) is 3.08. The van der Waals surface area contributed by atoms with E-state index < -0.39 is 0 Å². The number of anilines is 1. The summed E-state index contributed by atoms with van der Waals surface area (Å²) in [6.45, 7) is 7.02. The molecule has 0 aliphatic carbocycles. The molecule has 1 unspecified atom stereocenters. The van der Waals surface area contributed by atoms with Crippen molar-refractivity contribution >= 4 is 17.4 Å². The van der Waals surface area contributed by atoms with Crippen molar-refractivity contribution < 1.29 is 0 Å². The van der Waals surface area contributed by atoms with Gasteiger partial charge in [-0.2, -0.15) is 0 Å². The fraction of sp³-hybridized carbons (Fsp3) is 0.600. The maximum absolute atomic E-state index is 3.92. The fourth-order valence-corrected chi connectivity index (χ4v) is 5.03. The van der Waals surface area contributed by atoms with Gasteiger partial charge in [0.25, 0.3) is 0 Å². The lowest BCUT2D eigenvalue weighted by atomic mass is 9.72. The molecule has 0 amide bonds. The van der Waals surface area contributed by atoms with Crippen LogP contribution in [0.1, 0.15) is 57.1 Å². The lowest BCUT2D eigenvalue weighted by Crippen LogP contribution is -2.42. The molecule has 0 saturated carbocycles. The van der Waals surface area contributed by atoms with Crippen molar-refractivity contribution in [2.75, 3.05) is 11.1 Å². The van der Waals surface area contributed by atoms with Gasteiger partial charge in [0.2, 0.25) is 0 Å². The van der Waals surface area contributed by atoms with E-state index in [0.717, 1.165) is 12.3 Å². The first-order chi connectivity index (χ1) is 10.7. The summed E-state index contributed by atoms with van der Waals surface area (Å²) in [6, 6.07) is 7.66. The van der Waals surface area contributed by atoms with E-state index >= 15 is 0 Å². The van der Waals surface area contributed by atoms with E-state index in [-0.39, 0.29) is 0 Å². The molecule has 0 saturated heterocycles. The second-order valence-corrected chi connectivity index (χ2v) is 7.80. The number of nitrogens with one attached hydrogen (secondary N) is 1. The zero-order valence-corrected chi connectivity index (χ0v) is 15.0. The minimum absolute atomic E-state index is 0.604. The summed E-state index contributed by atoms with van der Waals surface area (Å²) in [6.07, 6.45) is 7.55. The van der Waals surface area contributed by atoms with Crippen LogP contribution in [0.4, 0.5) is 5.69 Å². The summed E-state index contributed by atoms with van der Waals surface area (Å²) < 4.78 is 0. The van der Waals surface area contributed by atoms with Crippen LogP contribution in [0.3, 0.4) is 0 Å². The first-order valence-electron chi connectivity index (χ1n) is 8.92. The molecule has 2 heterocycles. The van der Waals surface area contributed by atoms with E-state index in [1.807, 2.05) is 11.8 Å². The summed E-state index contributed by atoms with van der Waals surface area (Å²) in [5.74, 6) is 3.36. The predicted octanol–water partition coefficient (Wildman–Crippen LogP) is 5.83. The summed E-state index contributed by atoms with van der Waals surface area (Å²) in [7, 11) is 0. The zero-order chi connectivity index (χ0) is 15.5. The third-order valence-electron chi connectivity index (χ3n) is 5.50. The molecule has 1 aromatic carbocycles. The van der Waals surface area contributed by atoms with Crippen LogP contribution in [0.25, 0.3) is 0 Å². The van der Waals surface area contributed by atoms with Crippen LogP contribution in [-0.2, 0) is 6.42 Å². The summed E-state index contributed by atoms with van der Waals surface area (Å²) >= 11 is 1.97. The van der Waals surface area contributed by atoms with E-state index in [1.165, 1.54) is 36.3 Å². The zero-order valence-electron chi connectivity index (χ0n) is 14.1. The van der Waals surface area contributed by atoms with Gasteiger partial charge in [0, 0.05) is 23.4 Å². The van der Waals surface area contributed by atoms with E-state index in [1.54, 1.807) is 5.56 Å². The molecule has 1 nitrogen and oxygen atoms in total. The van der Waals surface area contributed by atoms with Gasteiger partial charge in [0.15, 0.2) is 0 Å². The van der Waals surface area contributed by atoms with Crippen molar-refractivity contribution in [3.8, 4) is 0 Å². The van der Waals surface area contributed by atoms with Gasteiger partial charge in [0.1, 0.15) is 0 Å². The minimum atomic E-state index is 0.604. The molecule has 3 rings (SSSR count). The van der Waals surface area contributed by atoms with Crippen LogP contribution in [0.15, 0.2) is 29.7 Å². The van der Waals surface area contributed by atoms with Crippen molar-refractivity contribution in [1.82, 2.24) is 0 Å². The molecule has 0 radical (unpaired) electrons. The van der Waals surface area contributed by atoms with Crippen LogP contribution >= 0.6 is 11.8 Å². The maximum atomic E-state index is 3.92. The van der Waals surface area contributed by atoms with Crippen LogP contribution < -0.4 is 5.32 Å². The van der Waals surface area contributed by atoms with Crippen molar-refractivity contribution in [2.24, 2.45) is 11.8 Å². The lowest BCUT2D eigenvalue weighted by molar-refractivity contribution is 0.304. The average molecular weight is 316 g/mol. The SMILES string of the molecule is CCCC[C@@H]1[C@H](C)c2cc(CC)ccc2N[C@H]1C1C=CSC1. The first-order valence-corrected chi connectivity index (χ1v) is 9.97. The van der Waals surface area contributed by atoms with Gasteiger partial charge in [-0.05, 0) is 47.3 Å². The van der Waals surface area contributed by atoms with Crippen molar-refractivity contribution in [2.45, 2.75) is 58.4 Å². The summed E-state index contributed by atoms with van der Waals surface area (Å²) in [4.78, 5) is 0. The van der Waals surface area contributed by atoms with Crippen molar-refractivity contribution in [3.05, 3.63) is 40.8 Å². The predicted molar refractivity (Wildman–Crippen MR) is 99.7 cm³/mol. The standard InChI is InChI=1S/C20H29NS/c1-4-6-7-17-14(3)18-12-15(5-2)8-9-19(18)21-20(17)16-10-11-22-13-16/h8-12,14,16-17,20-21H,4-7,13H2,1-3H3/t14-,16?,17+,20-/m0/s1. The number of hydrogen-bond acceptors (Lipinski definition) is 2. The molecule has 2 heteroatoms. The van der Waals surface area contributed by atoms with Gasteiger partial charge < -0.3 is 5.32 Å². The molecule has 2 aliphatic rings. The molecule has 4 atom stereocenters. The Morgan fingerprint density at radius 1 is 1.27 bits per heavy atom. The maximum Gasteiger partial charge on any atom is 0.0378 e. The molecule has 22 heavy (non-hydrogen) atoms. The molecule has 0 fully saturated rings. The Hall–Kier alpha value is -0.890. The van der Waals surface area contributed by atoms with Crippen LogP contribution in [0.5, 0.6) is 0 Å². The first kappa shape index (κ1) is 16.0. The smallest absolute Gasteiger partial charge is 0.0378 e. The second-order valence-electron chi connectivity index (χ2n) is 6.87. The van der Waals surface area contributed by atoms with Gasteiger partial charge >= 0.3 is 0 Å². The normalized spacial score (nSPS) is 30.1. The quantitative estimate of drug-likeness (QED) is 0.733. The Bertz CT molecular complexity index is 537. The highest BCUT2D eigenvalue weighted by molar-refractivity contribution is 8.02. The van der Waals surface area contributed by atoms with Gasteiger partial charge in [-0.25, -0.2) is 0 Å². The molecule has 0 spiro atoms. The van der Waals surface area contributed by atoms with Gasteiger partial charge in [-0.1, -0.05) is 51.8 Å². The topological polar surface area (TPSA) is 12.0 Å². The Morgan fingerprint density at radius 3 is 2.82 bits per heavy atom. The monoisotopic (exact) mass is 315 g/mol. The number of thioether (sulfide) groups is 1. The van der Waals surface area contributed by atoms with Crippen molar-refractivity contribution in [3.63, 3.8) is 0 Å². The largest absolute Gasteiger partial charge is 0.381 e. The molecule has 0 bridgehead atoms. The highest BCUT2D eigenvalue weighted by Crippen LogP contribution is 2.44. The number of fused-ring (bicyclic) bond motifs is 1. The summed E-state index contributed by atoms with van der Waals surface area (Å²) in [5, 5.41) is 6.21. The fourth-order valence-electron chi connectivity index (χ4n) is 4.06. The Balaban J connectivity index is 1.91. The molecule has 0 aromatic heterocycles. The van der Waals surface area contributed by atoms with E-state index in [2.05, 4.69) is 55.8 Å². The van der Waals surface area contributed by atoms with Crippen molar-refractivity contribution in [1.29, 1.82) is 0 Å². The minimum Gasteiger partial charge on any atom is -0.381 e. The van der Waals surface area contributed by atoms with Gasteiger partial charge in [-0.3, -0.25) is 0 Å². The third-order valence-corrected chi connectivity index (χ3v) is 6.43. The van der Waals surface area contributed by atoms with E-state index in [9.17, 15) is 0 Å². The van der Waals surface area contributed by atoms with Crippen LogP contribution in [0.2, 0.25) is 0 Å². The lowest BCUT2D eigenvalue weighted by Gasteiger charge is -2.42. The molecular weight excluding hydrogens is 286 g/mol. The van der Waals surface area contributed by atoms with Crippen LogP contribution in [0, 0.1) is 11.8 Å². The molecular formula is C20H29NS. The van der Waals surface area contributed by atoms with Crippen LogP contribution in [-0.4, -0.2) is 11.8 Å².